The lowest BCUT2D eigenvalue weighted by Gasteiger charge is -2.15. The molecule has 0 aliphatic carbocycles. The molecule has 0 atom stereocenters. The van der Waals surface area contributed by atoms with E-state index in [2.05, 4.69) is 21.6 Å². The molecule has 1 heterocycles. The van der Waals surface area contributed by atoms with Gasteiger partial charge >= 0.3 is 0 Å². The van der Waals surface area contributed by atoms with Gasteiger partial charge in [-0.1, -0.05) is 12.1 Å². The SMILES string of the molecule is NCC(=O)NCC(=O)Nc1cccc(CN2CCCC2)c1. The number of hydrogen-bond acceptors (Lipinski definition) is 4. The van der Waals surface area contributed by atoms with Gasteiger partial charge in [0.1, 0.15) is 0 Å². The number of hydrogen-bond donors (Lipinski definition) is 3. The Bertz CT molecular complexity index is 498. The normalized spacial score (nSPS) is 14.9. The van der Waals surface area contributed by atoms with E-state index in [0.717, 1.165) is 25.3 Å². The van der Waals surface area contributed by atoms with Gasteiger partial charge in [0, 0.05) is 12.2 Å². The number of carbonyl (C=O) groups is 2. The van der Waals surface area contributed by atoms with Gasteiger partial charge in [0.2, 0.25) is 11.8 Å². The Labute approximate surface area is 124 Å². The summed E-state index contributed by atoms with van der Waals surface area (Å²) in [6.07, 6.45) is 2.52. The first-order chi connectivity index (χ1) is 10.2. The van der Waals surface area contributed by atoms with Crippen molar-refractivity contribution >= 4 is 17.5 Å². The first kappa shape index (κ1) is 15.5. The fourth-order valence-corrected chi connectivity index (χ4v) is 2.40. The van der Waals surface area contributed by atoms with Gasteiger partial charge < -0.3 is 16.4 Å². The molecule has 0 aromatic heterocycles. The predicted octanol–water partition coefficient (Wildman–Crippen LogP) is 0.296. The van der Waals surface area contributed by atoms with Crippen LogP contribution < -0.4 is 16.4 Å². The van der Waals surface area contributed by atoms with Crippen molar-refractivity contribution in [3.63, 3.8) is 0 Å². The van der Waals surface area contributed by atoms with Gasteiger partial charge in [-0.25, -0.2) is 0 Å². The van der Waals surface area contributed by atoms with E-state index in [-0.39, 0.29) is 24.9 Å². The molecule has 1 aliphatic heterocycles. The van der Waals surface area contributed by atoms with Crippen LogP contribution in [0.25, 0.3) is 0 Å². The average molecular weight is 290 g/mol. The minimum Gasteiger partial charge on any atom is -0.346 e. The summed E-state index contributed by atoms with van der Waals surface area (Å²) in [6.45, 7) is 3.02. The van der Waals surface area contributed by atoms with Crippen LogP contribution in [0.3, 0.4) is 0 Å². The van der Waals surface area contributed by atoms with Crippen molar-refractivity contribution in [1.29, 1.82) is 0 Å². The van der Waals surface area contributed by atoms with Crippen molar-refractivity contribution < 1.29 is 9.59 Å². The molecule has 21 heavy (non-hydrogen) atoms. The van der Waals surface area contributed by atoms with Crippen LogP contribution in [0.2, 0.25) is 0 Å². The molecular formula is C15H22N4O2. The summed E-state index contributed by atoms with van der Waals surface area (Å²) in [6, 6.07) is 7.81. The molecule has 1 aromatic carbocycles. The van der Waals surface area contributed by atoms with Gasteiger partial charge in [-0.05, 0) is 43.6 Å². The van der Waals surface area contributed by atoms with Gasteiger partial charge in [-0.15, -0.1) is 0 Å². The Balaban J connectivity index is 1.85. The molecule has 2 rings (SSSR count). The van der Waals surface area contributed by atoms with E-state index in [9.17, 15) is 9.59 Å². The number of nitrogens with zero attached hydrogens (tertiary/aromatic N) is 1. The minimum absolute atomic E-state index is 0.0631. The number of nitrogens with two attached hydrogens (primary N) is 1. The second-order valence-corrected chi connectivity index (χ2v) is 5.21. The standard InChI is InChI=1S/C15H22N4O2/c16-9-14(20)17-10-15(21)18-13-5-3-4-12(8-13)11-19-6-1-2-7-19/h3-5,8H,1-2,6-7,9-11,16H2,(H,17,20)(H,18,21). The zero-order chi connectivity index (χ0) is 15.1. The number of nitrogens with one attached hydrogen (secondary N) is 2. The van der Waals surface area contributed by atoms with Crippen molar-refractivity contribution in [2.24, 2.45) is 5.73 Å². The third kappa shape index (κ3) is 5.17. The molecule has 6 nitrogen and oxygen atoms in total. The highest BCUT2D eigenvalue weighted by Crippen LogP contribution is 2.16. The summed E-state index contributed by atoms with van der Waals surface area (Å²) >= 11 is 0. The second kappa shape index (κ2) is 7.75. The number of likely N-dealkylation sites (tertiary alicyclic amines) is 1. The van der Waals surface area contributed by atoms with Crippen molar-refractivity contribution in [3.8, 4) is 0 Å². The lowest BCUT2D eigenvalue weighted by atomic mass is 10.2. The van der Waals surface area contributed by atoms with E-state index in [1.807, 2.05) is 18.2 Å². The highest BCUT2D eigenvalue weighted by atomic mass is 16.2. The van der Waals surface area contributed by atoms with Crippen LogP contribution in [0.1, 0.15) is 18.4 Å². The predicted molar refractivity (Wildman–Crippen MR) is 81.6 cm³/mol. The van der Waals surface area contributed by atoms with E-state index in [1.54, 1.807) is 0 Å². The van der Waals surface area contributed by atoms with Crippen LogP contribution >= 0.6 is 0 Å². The van der Waals surface area contributed by atoms with Crippen LogP contribution in [0.4, 0.5) is 5.69 Å². The van der Waals surface area contributed by atoms with Crippen LogP contribution in [0.5, 0.6) is 0 Å². The van der Waals surface area contributed by atoms with Crippen LogP contribution in [-0.4, -0.2) is 42.9 Å². The quantitative estimate of drug-likeness (QED) is 0.703. The van der Waals surface area contributed by atoms with Crippen LogP contribution in [-0.2, 0) is 16.1 Å². The Morgan fingerprint density at radius 2 is 1.95 bits per heavy atom. The lowest BCUT2D eigenvalue weighted by molar-refractivity contribution is -0.123. The number of carbonyl (C=O) groups excluding carboxylic acids is 2. The molecule has 4 N–H and O–H groups in total. The largest absolute Gasteiger partial charge is 0.346 e. The van der Waals surface area contributed by atoms with Crippen molar-refractivity contribution in [2.45, 2.75) is 19.4 Å². The molecule has 2 amide bonds. The molecule has 1 fully saturated rings. The fourth-order valence-electron chi connectivity index (χ4n) is 2.40. The van der Waals surface area contributed by atoms with E-state index in [1.165, 1.54) is 18.4 Å². The smallest absolute Gasteiger partial charge is 0.243 e. The maximum atomic E-state index is 11.7. The Hall–Kier alpha value is -1.92. The minimum atomic E-state index is -0.340. The molecule has 0 spiro atoms. The summed E-state index contributed by atoms with van der Waals surface area (Å²) in [7, 11) is 0. The molecule has 1 aliphatic rings. The van der Waals surface area contributed by atoms with Gasteiger partial charge in [0.05, 0.1) is 13.1 Å². The van der Waals surface area contributed by atoms with Crippen molar-refractivity contribution in [3.05, 3.63) is 29.8 Å². The monoisotopic (exact) mass is 290 g/mol. The number of rotatable bonds is 6. The average Bonchev–Trinajstić information content (AvgIpc) is 2.98. The highest BCUT2D eigenvalue weighted by molar-refractivity contribution is 5.94. The molecule has 0 unspecified atom stereocenters. The number of amides is 2. The number of anilines is 1. The molecule has 114 valence electrons. The van der Waals surface area contributed by atoms with Gasteiger partial charge in [-0.3, -0.25) is 14.5 Å². The van der Waals surface area contributed by atoms with E-state index in [0.29, 0.717) is 0 Å². The van der Waals surface area contributed by atoms with Gasteiger partial charge in [0.25, 0.3) is 0 Å². The Morgan fingerprint density at radius 1 is 1.19 bits per heavy atom. The summed E-state index contributed by atoms with van der Waals surface area (Å²) in [4.78, 5) is 25.1. The van der Waals surface area contributed by atoms with Crippen LogP contribution in [0, 0.1) is 0 Å². The molecule has 0 bridgehead atoms. The van der Waals surface area contributed by atoms with Crippen LogP contribution in [0.15, 0.2) is 24.3 Å². The first-order valence-electron chi connectivity index (χ1n) is 7.25. The molecule has 0 saturated carbocycles. The Morgan fingerprint density at radius 3 is 2.67 bits per heavy atom. The van der Waals surface area contributed by atoms with E-state index < -0.39 is 0 Å². The number of benzene rings is 1. The molecule has 0 radical (unpaired) electrons. The molecule has 1 aromatic rings. The topological polar surface area (TPSA) is 87.5 Å². The second-order valence-electron chi connectivity index (χ2n) is 5.21. The third-order valence-electron chi connectivity index (χ3n) is 3.45. The summed E-state index contributed by atoms with van der Waals surface area (Å²) in [5, 5.41) is 5.22. The third-order valence-corrected chi connectivity index (χ3v) is 3.45. The molecule has 6 heteroatoms. The molecular weight excluding hydrogens is 268 g/mol. The first-order valence-corrected chi connectivity index (χ1v) is 7.25. The summed E-state index contributed by atoms with van der Waals surface area (Å²) in [5.41, 5.74) is 7.09. The van der Waals surface area contributed by atoms with Gasteiger partial charge in [0.15, 0.2) is 0 Å². The maximum Gasteiger partial charge on any atom is 0.243 e. The summed E-state index contributed by atoms with van der Waals surface area (Å²) < 4.78 is 0. The lowest BCUT2D eigenvalue weighted by Crippen LogP contribution is -2.36. The summed E-state index contributed by atoms with van der Waals surface area (Å²) in [5.74, 6) is -0.594. The van der Waals surface area contributed by atoms with Crippen molar-refractivity contribution in [1.82, 2.24) is 10.2 Å². The zero-order valence-corrected chi connectivity index (χ0v) is 12.1. The maximum absolute atomic E-state index is 11.7. The Kier molecular flexibility index (Phi) is 5.71. The highest BCUT2D eigenvalue weighted by Gasteiger charge is 2.12. The van der Waals surface area contributed by atoms with E-state index in [4.69, 9.17) is 5.73 Å². The molecule has 1 saturated heterocycles. The zero-order valence-electron chi connectivity index (χ0n) is 12.1. The van der Waals surface area contributed by atoms with Gasteiger partial charge in [-0.2, -0.15) is 0 Å². The van der Waals surface area contributed by atoms with E-state index >= 15 is 0 Å². The fraction of sp³-hybridized carbons (Fsp3) is 0.467. The van der Waals surface area contributed by atoms with Crippen molar-refractivity contribution in [2.75, 3.05) is 31.5 Å².